The third-order valence-electron chi connectivity index (χ3n) is 4.35. The van der Waals surface area contributed by atoms with Crippen LogP contribution in [0.2, 0.25) is 0 Å². The van der Waals surface area contributed by atoms with Gasteiger partial charge in [0.05, 0.1) is 10.3 Å². The van der Waals surface area contributed by atoms with Gasteiger partial charge in [-0.2, -0.15) is 0 Å². The van der Waals surface area contributed by atoms with Gasteiger partial charge in [-0.25, -0.2) is 0 Å². The Morgan fingerprint density at radius 3 is 2.86 bits per heavy atom. The van der Waals surface area contributed by atoms with E-state index in [1.807, 2.05) is 13.0 Å². The van der Waals surface area contributed by atoms with E-state index in [4.69, 9.17) is 0 Å². The molecule has 0 saturated carbocycles. The van der Waals surface area contributed by atoms with E-state index in [1.165, 1.54) is 6.07 Å². The van der Waals surface area contributed by atoms with Gasteiger partial charge < -0.3 is 5.11 Å². The van der Waals surface area contributed by atoms with Crippen LogP contribution in [0.25, 0.3) is 0 Å². The molecule has 1 aliphatic rings. The van der Waals surface area contributed by atoms with Crippen LogP contribution in [0.15, 0.2) is 24.3 Å². The van der Waals surface area contributed by atoms with Crippen molar-refractivity contribution in [3.63, 3.8) is 0 Å². The average molecular weight is 292 g/mol. The summed E-state index contributed by atoms with van der Waals surface area (Å²) in [5.74, 6) is -0.779. The molecule has 0 aromatic heterocycles. The van der Waals surface area contributed by atoms with Crippen molar-refractivity contribution in [1.82, 2.24) is 4.90 Å². The monoisotopic (exact) mass is 292 g/mol. The summed E-state index contributed by atoms with van der Waals surface area (Å²) < 4.78 is 0. The van der Waals surface area contributed by atoms with Crippen LogP contribution in [0.1, 0.15) is 38.3 Å². The second-order valence-electron chi connectivity index (χ2n) is 5.97. The molecule has 0 spiro atoms. The predicted molar refractivity (Wildman–Crippen MR) is 78.1 cm³/mol. The zero-order valence-corrected chi connectivity index (χ0v) is 12.3. The highest BCUT2D eigenvalue weighted by atomic mass is 16.6. The first-order valence-corrected chi connectivity index (χ1v) is 7.05. The molecule has 2 unspecified atom stereocenters. The lowest BCUT2D eigenvalue weighted by Gasteiger charge is -2.40. The minimum atomic E-state index is -0.779. The number of nitro benzene ring substituents is 1. The third kappa shape index (κ3) is 3.21. The lowest BCUT2D eigenvalue weighted by atomic mass is 9.81. The number of nitro groups is 1. The molecule has 1 heterocycles. The van der Waals surface area contributed by atoms with Gasteiger partial charge in [-0.05, 0) is 38.8 Å². The molecule has 2 rings (SSSR count). The highest BCUT2D eigenvalue weighted by Gasteiger charge is 2.39. The molecular weight excluding hydrogens is 272 g/mol. The number of rotatable bonds is 4. The van der Waals surface area contributed by atoms with Crippen molar-refractivity contribution in [2.45, 2.75) is 32.7 Å². The van der Waals surface area contributed by atoms with Crippen molar-refractivity contribution in [3.8, 4) is 0 Å². The van der Waals surface area contributed by atoms with Gasteiger partial charge in [0, 0.05) is 24.7 Å². The highest BCUT2D eigenvalue weighted by molar-refractivity contribution is 5.74. The molecule has 1 saturated heterocycles. The number of carbonyl (C=O) groups is 1. The normalized spacial score (nSPS) is 24.5. The topological polar surface area (TPSA) is 83.7 Å². The number of benzene rings is 1. The Morgan fingerprint density at radius 1 is 1.52 bits per heavy atom. The number of carboxylic acids is 1. The van der Waals surface area contributed by atoms with Crippen molar-refractivity contribution in [3.05, 3.63) is 39.9 Å². The van der Waals surface area contributed by atoms with Crippen LogP contribution < -0.4 is 0 Å². The fraction of sp³-hybridized carbons (Fsp3) is 0.533. The van der Waals surface area contributed by atoms with Crippen molar-refractivity contribution >= 4 is 11.7 Å². The molecule has 1 aliphatic heterocycles. The molecule has 0 bridgehead atoms. The van der Waals surface area contributed by atoms with Crippen molar-refractivity contribution in [2.75, 3.05) is 13.1 Å². The quantitative estimate of drug-likeness (QED) is 0.681. The molecule has 1 aromatic carbocycles. The van der Waals surface area contributed by atoms with Gasteiger partial charge in [0.2, 0.25) is 0 Å². The highest BCUT2D eigenvalue weighted by Crippen LogP contribution is 2.34. The Bertz CT molecular complexity index is 560. The summed E-state index contributed by atoms with van der Waals surface area (Å²) in [6.07, 6.45) is 1.49. The Hall–Kier alpha value is -1.95. The van der Waals surface area contributed by atoms with Gasteiger partial charge in [-0.15, -0.1) is 0 Å². The molecule has 21 heavy (non-hydrogen) atoms. The van der Waals surface area contributed by atoms with E-state index in [0.717, 1.165) is 18.5 Å². The Balaban J connectivity index is 2.19. The van der Waals surface area contributed by atoms with E-state index in [9.17, 15) is 20.0 Å². The third-order valence-corrected chi connectivity index (χ3v) is 4.35. The summed E-state index contributed by atoms with van der Waals surface area (Å²) in [5, 5.41) is 20.2. The number of hydrogen-bond donors (Lipinski definition) is 1. The lowest BCUT2D eigenvalue weighted by Crippen LogP contribution is -2.46. The van der Waals surface area contributed by atoms with Crippen LogP contribution in [-0.4, -0.2) is 34.0 Å². The maximum atomic E-state index is 11.4. The summed E-state index contributed by atoms with van der Waals surface area (Å²) in [4.78, 5) is 24.0. The maximum absolute atomic E-state index is 11.4. The standard InChI is InChI=1S/C15H20N2O4/c1-11(12-5-3-6-13(9-12)17(20)21)16-8-4-7-15(2,10-16)14(18)19/h3,5-6,9,11H,4,7-8,10H2,1-2H3,(H,18,19). The van der Waals surface area contributed by atoms with Crippen LogP contribution in [0.3, 0.4) is 0 Å². The molecule has 0 amide bonds. The molecule has 2 atom stereocenters. The van der Waals surface area contributed by atoms with Gasteiger partial charge in [0.1, 0.15) is 0 Å². The second-order valence-corrected chi connectivity index (χ2v) is 5.97. The van der Waals surface area contributed by atoms with Crippen molar-refractivity contribution < 1.29 is 14.8 Å². The van der Waals surface area contributed by atoms with Gasteiger partial charge in [0.15, 0.2) is 0 Å². The van der Waals surface area contributed by atoms with E-state index >= 15 is 0 Å². The average Bonchev–Trinajstić information content (AvgIpc) is 2.46. The van der Waals surface area contributed by atoms with Crippen LogP contribution in [0.4, 0.5) is 5.69 Å². The summed E-state index contributed by atoms with van der Waals surface area (Å²) in [6.45, 7) is 5.01. The molecule has 6 heteroatoms. The van der Waals surface area contributed by atoms with E-state index in [0.29, 0.717) is 13.0 Å². The number of nitrogens with zero attached hydrogens (tertiary/aromatic N) is 2. The first-order chi connectivity index (χ1) is 9.83. The minimum absolute atomic E-state index is 0.0381. The fourth-order valence-electron chi connectivity index (χ4n) is 2.89. The molecule has 0 aliphatic carbocycles. The number of hydrogen-bond acceptors (Lipinski definition) is 4. The molecule has 6 nitrogen and oxygen atoms in total. The number of likely N-dealkylation sites (tertiary alicyclic amines) is 1. The number of carboxylic acid groups (broad SMARTS) is 1. The van der Waals surface area contributed by atoms with Gasteiger partial charge in [-0.3, -0.25) is 19.8 Å². The largest absolute Gasteiger partial charge is 0.481 e. The van der Waals surface area contributed by atoms with Crippen LogP contribution in [0, 0.1) is 15.5 Å². The van der Waals surface area contributed by atoms with E-state index < -0.39 is 16.3 Å². The molecule has 1 N–H and O–H groups in total. The van der Waals surface area contributed by atoms with Crippen molar-refractivity contribution in [2.24, 2.45) is 5.41 Å². The van der Waals surface area contributed by atoms with Gasteiger partial charge in [0.25, 0.3) is 5.69 Å². The smallest absolute Gasteiger partial charge is 0.310 e. The van der Waals surface area contributed by atoms with Gasteiger partial charge >= 0.3 is 5.97 Å². The molecule has 114 valence electrons. The fourth-order valence-corrected chi connectivity index (χ4v) is 2.89. The summed E-state index contributed by atoms with van der Waals surface area (Å²) in [6, 6.07) is 6.52. The number of non-ortho nitro benzene ring substituents is 1. The second kappa shape index (κ2) is 5.81. The predicted octanol–water partition coefficient (Wildman–Crippen LogP) is 2.84. The van der Waals surface area contributed by atoms with Crippen LogP contribution in [0.5, 0.6) is 0 Å². The Kier molecular flexibility index (Phi) is 4.27. The summed E-state index contributed by atoms with van der Waals surface area (Å²) in [5.41, 5.74) is 0.170. The van der Waals surface area contributed by atoms with E-state index in [-0.39, 0.29) is 11.7 Å². The SMILES string of the molecule is CC(c1cccc([N+](=O)[O-])c1)N1CCCC(C)(C(=O)O)C1. The zero-order chi connectivity index (χ0) is 15.6. The minimum Gasteiger partial charge on any atom is -0.481 e. The molecule has 1 fully saturated rings. The van der Waals surface area contributed by atoms with Crippen LogP contribution >= 0.6 is 0 Å². The molecule has 0 radical (unpaired) electrons. The lowest BCUT2D eigenvalue weighted by molar-refractivity contribution is -0.385. The number of piperidine rings is 1. The van der Waals surface area contributed by atoms with E-state index in [1.54, 1.807) is 19.1 Å². The van der Waals surface area contributed by atoms with Crippen LogP contribution in [-0.2, 0) is 4.79 Å². The zero-order valence-electron chi connectivity index (χ0n) is 12.3. The Morgan fingerprint density at radius 2 is 2.24 bits per heavy atom. The summed E-state index contributed by atoms with van der Waals surface area (Å²) in [7, 11) is 0. The maximum Gasteiger partial charge on any atom is 0.310 e. The molecular formula is C15H20N2O4. The molecule has 1 aromatic rings. The number of aliphatic carboxylic acids is 1. The Labute approximate surface area is 123 Å². The van der Waals surface area contributed by atoms with E-state index in [2.05, 4.69) is 4.90 Å². The van der Waals surface area contributed by atoms with Crippen molar-refractivity contribution in [1.29, 1.82) is 0 Å². The summed E-state index contributed by atoms with van der Waals surface area (Å²) >= 11 is 0. The first kappa shape index (κ1) is 15.4. The first-order valence-electron chi connectivity index (χ1n) is 7.05. The van der Waals surface area contributed by atoms with Gasteiger partial charge in [-0.1, -0.05) is 12.1 Å².